The van der Waals surface area contributed by atoms with E-state index < -0.39 is 0 Å². The number of nitrogens with two attached hydrogens (primary N) is 1. The normalized spacial score (nSPS) is 10.5. The van der Waals surface area contributed by atoms with E-state index in [1.165, 1.54) is 12.1 Å². The monoisotopic (exact) mass is 324 g/mol. The van der Waals surface area contributed by atoms with Crippen LogP contribution in [-0.4, -0.2) is 13.7 Å². The third-order valence-electron chi connectivity index (χ3n) is 3.25. The molecule has 0 atom stereocenters. The zero-order chi connectivity index (χ0) is 15.9. The van der Waals surface area contributed by atoms with Gasteiger partial charge in [-0.2, -0.15) is 0 Å². The summed E-state index contributed by atoms with van der Waals surface area (Å²) in [5, 5.41) is 2.67. The molecule has 5 heteroatoms. The number of ether oxygens (including phenoxy) is 2. The van der Waals surface area contributed by atoms with Crippen LogP contribution in [0, 0.1) is 5.82 Å². The number of hydrogen-bond donors (Lipinski definition) is 1. The molecule has 0 unspecified atom stereocenters. The van der Waals surface area contributed by atoms with E-state index in [9.17, 15) is 4.39 Å². The van der Waals surface area contributed by atoms with E-state index in [2.05, 4.69) is 5.32 Å². The minimum absolute atomic E-state index is 0.216. The Balaban J connectivity index is 2.00. The van der Waals surface area contributed by atoms with Crippen molar-refractivity contribution < 1.29 is 19.2 Å². The van der Waals surface area contributed by atoms with E-state index in [4.69, 9.17) is 21.1 Å². The molecular formula is C17H20ClFNO2+. The first kappa shape index (κ1) is 16.6. The Morgan fingerprint density at radius 1 is 1.09 bits per heavy atom. The Morgan fingerprint density at radius 3 is 2.41 bits per heavy atom. The topological polar surface area (TPSA) is 35.1 Å². The predicted octanol–water partition coefficient (Wildman–Crippen LogP) is 3.15. The molecule has 0 saturated carbocycles. The van der Waals surface area contributed by atoms with Crippen LogP contribution in [0.4, 0.5) is 4.39 Å². The first-order chi connectivity index (χ1) is 10.6. The molecule has 0 heterocycles. The van der Waals surface area contributed by atoms with Crippen LogP contribution in [0.1, 0.15) is 18.1 Å². The lowest BCUT2D eigenvalue weighted by molar-refractivity contribution is -0.686. The van der Waals surface area contributed by atoms with E-state index >= 15 is 0 Å². The zero-order valence-electron chi connectivity index (χ0n) is 12.7. The van der Waals surface area contributed by atoms with Crippen molar-refractivity contribution in [2.24, 2.45) is 0 Å². The fourth-order valence-corrected chi connectivity index (χ4v) is 2.49. The van der Waals surface area contributed by atoms with Gasteiger partial charge in [0.25, 0.3) is 0 Å². The number of benzene rings is 2. The molecule has 0 aliphatic rings. The van der Waals surface area contributed by atoms with Gasteiger partial charge in [0.05, 0.1) is 18.7 Å². The Morgan fingerprint density at radius 2 is 1.77 bits per heavy atom. The van der Waals surface area contributed by atoms with Crippen LogP contribution in [0.3, 0.4) is 0 Å². The van der Waals surface area contributed by atoms with Gasteiger partial charge in [-0.25, -0.2) is 4.39 Å². The standard InChI is InChI=1S/C17H19ClFNO2/c1-3-22-17-15(18)8-13(9-16(17)21-2)11-20-10-12-4-6-14(19)7-5-12/h4-9,20H,3,10-11H2,1-2H3/p+1. The van der Waals surface area contributed by atoms with Gasteiger partial charge in [-0.05, 0) is 31.2 Å². The highest BCUT2D eigenvalue weighted by molar-refractivity contribution is 6.32. The molecule has 0 saturated heterocycles. The quantitative estimate of drug-likeness (QED) is 0.849. The average Bonchev–Trinajstić information content (AvgIpc) is 2.51. The Labute approximate surface area is 135 Å². The second-order valence-electron chi connectivity index (χ2n) is 4.87. The van der Waals surface area contributed by atoms with Crippen molar-refractivity contribution in [1.82, 2.24) is 0 Å². The maximum Gasteiger partial charge on any atom is 0.179 e. The molecule has 0 radical (unpaired) electrons. The molecule has 0 fully saturated rings. The van der Waals surface area contributed by atoms with Crippen LogP contribution in [0.15, 0.2) is 36.4 Å². The number of rotatable bonds is 7. The molecule has 0 bridgehead atoms. The van der Waals surface area contributed by atoms with Crippen molar-refractivity contribution in [3.63, 3.8) is 0 Å². The van der Waals surface area contributed by atoms with Gasteiger partial charge in [-0.15, -0.1) is 0 Å². The third kappa shape index (κ3) is 4.36. The minimum Gasteiger partial charge on any atom is -0.493 e. The van der Waals surface area contributed by atoms with Crippen molar-refractivity contribution in [2.75, 3.05) is 13.7 Å². The van der Waals surface area contributed by atoms with E-state index in [1.54, 1.807) is 19.2 Å². The summed E-state index contributed by atoms with van der Waals surface area (Å²) in [6.45, 7) is 3.96. The number of hydrogen-bond acceptors (Lipinski definition) is 2. The molecule has 0 amide bonds. The summed E-state index contributed by atoms with van der Waals surface area (Å²) in [6, 6.07) is 10.3. The smallest absolute Gasteiger partial charge is 0.179 e. The van der Waals surface area contributed by atoms with Gasteiger partial charge in [-0.3, -0.25) is 0 Å². The maximum absolute atomic E-state index is 12.9. The van der Waals surface area contributed by atoms with Crippen LogP contribution in [0.2, 0.25) is 5.02 Å². The highest BCUT2D eigenvalue weighted by Crippen LogP contribution is 2.36. The first-order valence-corrected chi connectivity index (χ1v) is 7.57. The fraction of sp³-hybridized carbons (Fsp3) is 0.294. The highest BCUT2D eigenvalue weighted by Gasteiger charge is 2.12. The minimum atomic E-state index is -0.216. The average molecular weight is 325 g/mol. The molecular weight excluding hydrogens is 305 g/mol. The largest absolute Gasteiger partial charge is 0.493 e. The van der Waals surface area contributed by atoms with Gasteiger partial charge in [0.2, 0.25) is 0 Å². The predicted molar refractivity (Wildman–Crippen MR) is 84.9 cm³/mol. The number of halogens is 2. The van der Waals surface area contributed by atoms with Crippen LogP contribution < -0.4 is 14.8 Å². The Hall–Kier alpha value is -1.78. The lowest BCUT2D eigenvalue weighted by Gasteiger charge is -2.12. The summed E-state index contributed by atoms with van der Waals surface area (Å²) < 4.78 is 23.7. The Kier molecular flexibility index (Phi) is 6.04. The van der Waals surface area contributed by atoms with Crippen LogP contribution in [0.25, 0.3) is 0 Å². The summed E-state index contributed by atoms with van der Waals surface area (Å²) in [7, 11) is 1.60. The van der Waals surface area contributed by atoms with Crippen LogP contribution >= 0.6 is 11.6 Å². The summed E-state index contributed by atoms with van der Waals surface area (Å²) in [4.78, 5) is 0. The molecule has 0 aliphatic heterocycles. The molecule has 2 aromatic carbocycles. The second-order valence-corrected chi connectivity index (χ2v) is 5.27. The summed E-state index contributed by atoms with van der Waals surface area (Å²) in [5.74, 6) is 1.00. The number of quaternary nitrogens is 1. The van der Waals surface area contributed by atoms with E-state index in [0.717, 1.165) is 24.2 Å². The fourth-order valence-electron chi connectivity index (χ4n) is 2.20. The lowest BCUT2D eigenvalue weighted by atomic mass is 10.2. The Bertz CT molecular complexity index is 617. The van der Waals surface area contributed by atoms with Crippen molar-refractivity contribution in [3.8, 4) is 11.5 Å². The maximum atomic E-state index is 12.9. The van der Waals surface area contributed by atoms with Crippen molar-refractivity contribution in [2.45, 2.75) is 20.0 Å². The van der Waals surface area contributed by atoms with Crippen molar-refractivity contribution in [3.05, 3.63) is 58.4 Å². The van der Waals surface area contributed by atoms with Crippen molar-refractivity contribution in [1.29, 1.82) is 0 Å². The van der Waals surface area contributed by atoms with Gasteiger partial charge in [-0.1, -0.05) is 23.7 Å². The second kappa shape index (κ2) is 8.01. The molecule has 3 nitrogen and oxygen atoms in total. The lowest BCUT2D eigenvalue weighted by Crippen LogP contribution is -2.80. The van der Waals surface area contributed by atoms with Gasteiger partial charge < -0.3 is 14.8 Å². The molecule has 2 N–H and O–H groups in total. The van der Waals surface area contributed by atoms with Gasteiger partial charge in [0.1, 0.15) is 18.9 Å². The van der Waals surface area contributed by atoms with Crippen molar-refractivity contribution >= 4 is 11.6 Å². The van der Waals surface area contributed by atoms with E-state index in [1.807, 2.05) is 19.1 Å². The summed E-state index contributed by atoms with van der Waals surface area (Å²) >= 11 is 6.24. The molecule has 0 aromatic heterocycles. The summed E-state index contributed by atoms with van der Waals surface area (Å²) in [5.41, 5.74) is 2.12. The van der Waals surface area contributed by atoms with Gasteiger partial charge in [0, 0.05) is 11.1 Å². The van der Waals surface area contributed by atoms with Gasteiger partial charge in [0.15, 0.2) is 11.5 Å². The third-order valence-corrected chi connectivity index (χ3v) is 3.53. The zero-order valence-corrected chi connectivity index (χ0v) is 13.5. The molecule has 2 rings (SSSR count). The number of methoxy groups -OCH3 is 1. The van der Waals surface area contributed by atoms with Crippen LogP contribution in [-0.2, 0) is 13.1 Å². The van der Waals surface area contributed by atoms with Gasteiger partial charge >= 0.3 is 0 Å². The molecule has 2 aromatic rings. The first-order valence-electron chi connectivity index (χ1n) is 7.19. The summed E-state index contributed by atoms with van der Waals surface area (Å²) in [6.07, 6.45) is 0. The molecule has 0 spiro atoms. The molecule has 118 valence electrons. The van der Waals surface area contributed by atoms with E-state index in [0.29, 0.717) is 23.1 Å². The van der Waals surface area contributed by atoms with E-state index in [-0.39, 0.29) is 5.82 Å². The highest BCUT2D eigenvalue weighted by atomic mass is 35.5. The SMILES string of the molecule is CCOc1c(Cl)cc(C[NH2+]Cc2ccc(F)cc2)cc1OC. The molecule has 22 heavy (non-hydrogen) atoms. The van der Waals surface area contributed by atoms with Crippen LogP contribution in [0.5, 0.6) is 11.5 Å². The molecule has 0 aliphatic carbocycles.